The molecule has 5 nitrogen and oxygen atoms in total. The van der Waals surface area contributed by atoms with Crippen molar-refractivity contribution in [1.29, 1.82) is 0 Å². The average molecular weight is 609 g/mol. The van der Waals surface area contributed by atoms with Crippen LogP contribution >= 0.6 is 11.3 Å². The molecule has 46 heavy (non-hydrogen) atoms. The number of benzene rings is 6. The fraction of sp³-hybridized carbons (Fsp3) is 0. The molecule has 6 aromatic carbocycles. The van der Waals surface area contributed by atoms with Crippen LogP contribution in [-0.2, 0) is 0 Å². The number of fused-ring (bicyclic) bond motifs is 4. The zero-order valence-corrected chi connectivity index (χ0v) is 25.3. The van der Waals surface area contributed by atoms with Gasteiger partial charge in [-0.25, -0.2) is 19.9 Å². The van der Waals surface area contributed by atoms with Crippen molar-refractivity contribution in [2.24, 2.45) is 0 Å². The van der Waals surface area contributed by atoms with Crippen molar-refractivity contribution < 1.29 is 4.42 Å². The van der Waals surface area contributed by atoms with Gasteiger partial charge in [-0.2, -0.15) is 0 Å². The number of hydrogen-bond acceptors (Lipinski definition) is 6. The van der Waals surface area contributed by atoms with Crippen LogP contribution in [0, 0.1) is 0 Å². The van der Waals surface area contributed by atoms with Gasteiger partial charge in [-0.3, -0.25) is 0 Å². The van der Waals surface area contributed by atoms with Crippen molar-refractivity contribution >= 4 is 42.6 Å². The number of aromatic nitrogens is 4. The monoisotopic (exact) mass is 608 g/mol. The molecule has 0 saturated carbocycles. The van der Waals surface area contributed by atoms with Crippen LogP contribution in [0.3, 0.4) is 0 Å². The van der Waals surface area contributed by atoms with E-state index in [0.29, 0.717) is 23.4 Å². The molecule has 9 aromatic rings. The molecule has 0 spiro atoms. The summed E-state index contributed by atoms with van der Waals surface area (Å²) in [5.74, 6) is 2.58. The van der Waals surface area contributed by atoms with Gasteiger partial charge in [-0.05, 0) is 53.6 Å². The van der Waals surface area contributed by atoms with Crippen LogP contribution < -0.4 is 0 Å². The first-order valence-electron chi connectivity index (χ1n) is 15.1. The molecule has 3 aromatic heterocycles. The molecule has 6 heteroatoms. The van der Waals surface area contributed by atoms with E-state index >= 15 is 0 Å². The molecular weight excluding hydrogens is 585 g/mol. The Labute approximate surface area is 268 Å². The highest BCUT2D eigenvalue weighted by Gasteiger charge is 2.18. The fourth-order valence-corrected chi connectivity index (χ4v) is 7.04. The Balaban J connectivity index is 1.20. The van der Waals surface area contributed by atoms with Gasteiger partial charge in [-0.15, -0.1) is 11.3 Å². The van der Waals surface area contributed by atoms with Gasteiger partial charge >= 0.3 is 0 Å². The summed E-state index contributed by atoms with van der Waals surface area (Å²) in [6.07, 6.45) is 0. The normalized spacial score (nSPS) is 11.5. The van der Waals surface area contributed by atoms with E-state index in [1.807, 2.05) is 97.1 Å². The predicted octanol–water partition coefficient (Wildman–Crippen LogP) is 10.7. The molecule has 216 valence electrons. The smallest absolute Gasteiger partial charge is 0.227 e. The highest BCUT2D eigenvalue weighted by atomic mass is 32.1. The van der Waals surface area contributed by atoms with Gasteiger partial charge in [0.2, 0.25) is 5.89 Å². The molecule has 0 N–H and O–H groups in total. The van der Waals surface area contributed by atoms with Crippen molar-refractivity contribution in [2.75, 3.05) is 0 Å². The average Bonchev–Trinajstić information content (AvgIpc) is 3.74. The van der Waals surface area contributed by atoms with Crippen LogP contribution in [0.15, 0.2) is 150 Å². The number of thiophene rings is 1. The Bertz CT molecular complexity index is 2470. The standard InChI is InChI=1S/C40H24N4OS/c1-4-11-25(12-5-1)37-42-38(26-13-6-2-7-14-26)44-39(43-37)30-17-10-18-35-36(30)31-23-28(20-22-34(31)46-35)29-19-21-32-33(24-29)45-40(41-32)27-15-8-3-9-16-27/h1-24H. The predicted molar refractivity (Wildman–Crippen MR) is 187 cm³/mol. The molecule has 0 unspecified atom stereocenters. The van der Waals surface area contributed by atoms with E-state index in [2.05, 4.69) is 48.5 Å². The molecule has 0 fully saturated rings. The second-order valence-electron chi connectivity index (χ2n) is 11.1. The summed E-state index contributed by atoms with van der Waals surface area (Å²) < 4.78 is 8.59. The zero-order valence-electron chi connectivity index (χ0n) is 24.5. The lowest BCUT2D eigenvalue weighted by atomic mass is 10.0. The zero-order chi connectivity index (χ0) is 30.5. The van der Waals surface area contributed by atoms with Gasteiger partial charge in [-0.1, -0.05) is 103 Å². The summed E-state index contributed by atoms with van der Waals surface area (Å²) in [5.41, 5.74) is 7.62. The summed E-state index contributed by atoms with van der Waals surface area (Å²) in [5, 5.41) is 2.30. The minimum atomic E-state index is 0.624. The quantitative estimate of drug-likeness (QED) is 0.194. The van der Waals surface area contributed by atoms with Crippen molar-refractivity contribution in [1.82, 2.24) is 19.9 Å². The Morgan fingerprint density at radius 1 is 0.435 bits per heavy atom. The molecule has 0 bridgehead atoms. The van der Waals surface area contributed by atoms with Gasteiger partial charge in [0.25, 0.3) is 0 Å². The van der Waals surface area contributed by atoms with Gasteiger partial charge in [0.15, 0.2) is 23.1 Å². The van der Waals surface area contributed by atoms with Crippen molar-refractivity contribution in [3.8, 4) is 56.7 Å². The Morgan fingerprint density at radius 2 is 1.04 bits per heavy atom. The molecule has 0 aliphatic rings. The van der Waals surface area contributed by atoms with E-state index in [9.17, 15) is 0 Å². The lowest BCUT2D eigenvalue weighted by molar-refractivity contribution is 0.620. The molecule has 0 aliphatic heterocycles. The Kier molecular flexibility index (Phi) is 6.25. The number of hydrogen-bond donors (Lipinski definition) is 0. The van der Waals surface area contributed by atoms with E-state index in [0.717, 1.165) is 49.9 Å². The van der Waals surface area contributed by atoms with E-state index in [1.165, 1.54) is 14.8 Å². The largest absolute Gasteiger partial charge is 0.436 e. The molecular formula is C40H24N4OS. The number of oxazole rings is 1. The maximum atomic E-state index is 6.20. The van der Waals surface area contributed by atoms with E-state index in [1.54, 1.807) is 11.3 Å². The summed E-state index contributed by atoms with van der Waals surface area (Å²) in [6, 6.07) is 49.4. The minimum absolute atomic E-state index is 0.624. The minimum Gasteiger partial charge on any atom is -0.436 e. The van der Waals surface area contributed by atoms with Gasteiger partial charge in [0, 0.05) is 42.4 Å². The summed E-state index contributed by atoms with van der Waals surface area (Å²) in [6.45, 7) is 0. The number of rotatable bonds is 5. The maximum absolute atomic E-state index is 6.20. The third kappa shape index (κ3) is 4.64. The summed E-state index contributed by atoms with van der Waals surface area (Å²) >= 11 is 1.78. The molecule has 0 atom stereocenters. The first-order chi connectivity index (χ1) is 22.8. The van der Waals surface area contributed by atoms with Gasteiger partial charge < -0.3 is 4.42 Å². The lowest BCUT2D eigenvalue weighted by Crippen LogP contribution is -2.00. The van der Waals surface area contributed by atoms with Crippen LogP contribution in [0.25, 0.3) is 88.0 Å². The van der Waals surface area contributed by atoms with Crippen LogP contribution in [0.1, 0.15) is 0 Å². The van der Waals surface area contributed by atoms with E-state index in [-0.39, 0.29) is 0 Å². The van der Waals surface area contributed by atoms with Crippen LogP contribution in [-0.4, -0.2) is 19.9 Å². The first kappa shape index (κ1) is 26.4. The van der Waals surface area contributed by atoms with Crippen LogP contribution in [0.4, 0.5) is 0 Å². The first-order valence-corrected chi connectivity index (χ1v) is 15.9. The number of nitrogens with zero attached hydrogens (tertiary/aromatic N) is 4. The van der Waals surface area contributed by atoms with Crippen molar-refractivity contribution in [2.45, 2.75) is 0 Å². The molecule has 9 rings (SSSR count). The maximum Gasteiger partial charge on any atom is 0.227 e. The molecule has 0 aliphatic carbocycles. The fourth-order valence-electron chi connectivity index (χ4n) is 5.93. The van der Waals surface area contributed by atoms with E-state index < -0.39 is 0 Å². The Morgan fingerprint density at radius 3 is 1.74 bits per heavy atom. The van der Waals surface area contributed by atoms with Gasteiger partial charge in [0.1, 0.15) is 5.52 Å². The summed E-state index contributed by atoms with van der Waals surface area (Å²) in [7, 11) is 0. The second-order valence-corrected chi connectivity index (χ2v) is 12.2. The molecule has 0 saturated heterocycles. The molecule has 0 amide bonds. The van der Waals surface area contributed by atoms with Crippen molar-refractivity contribution in [3.63, 3.8) is 0 Å². The van der Waals surface area contributed by atoms with E-state index in [4.69, 9.17) is 24.4 Å². The van der Waals surface area contributed by atoms with Gasteiger partial charge in [0.05, 0.1) is 0 Å². The highest BCUT2D eigenvalue weighted by Crippen LogP contribution is 2.41. The third-order valence-electron chi connectivity index (χ3n) is 8.18. The van der Waals surface area contributed by atoms with Crippen molar-refractivity contribution in [3.05, 3.63) is 146 Å². The van der Waals surface area contributed by atoms with Crippen LogP contribution in [0.2, 0.25) is 0 Å². The second kappa shape index (κ2) is 10.9. The summed E-state index contributed by atoms with van der Waals surface area (Å²) in [4.78, 5) is 19.7. The highest BCUT2D eigenvalue weighted by molar-refractivity contribution is 7.26. The lowest BCUT2D eigenvalue weighted by Gasteiger charge is -2.09. The Hall–Kier alpha value is -5.98. The topological polar surface area (TPSA) is 64.7 Å². The SMILES string of the molecule is c1ccc(-c2nc(-c3ccccc3)nc(-c3cccc4sc5ccc(-c6ccc7nc(-c8ccccc8)oc7c6)cc5c34)n2)cc1. The van der Waals surface area contributed by atoms with Crippen LogP contribution in [0.5, 0.6) is 0 Å². The molecule has 3 heterocycles. The third-order valence-corrected chi connectivity index (χ3v) is 9.31. The molecule has 0 radical (unpaired) electrons.